The maximum Gasteiger partial charge on any atom is 0.214 e. The van der Waals surface area contributed by atoms with Crippen LogP contribution < -0.4 is 14.9 Å². The molecule has 0 bridgehead atoms. The maximum absolute atomic E-state index is 14.1. The summed E-state index contributed by atoms with van der Waals surface area (Å²) in [6.07, 6.45) is 3.36. The summed E-state index contributed by atoms with van der Waals surface area (Å²) in [5, 5.41) is 7.67. The minimum Gasteiger partial charge on any atom is -0.490 e. The van der Waals surface area contributed by atoms with Crippen molar-refractivity contribution in [1.82, 2.24) is 19.9 Å². The van der Waals surface area contributed by atoms with Crippen LogP contribution in [-0.2, 0) is 13.2 Å². The topological polar surface area (TPSA) is 77.0 Å². The van der Waals surface area contributed by atoms with Gasteiger partial charge in [-0.3, -0.25) is 4.98 Å². The van der Waals surface area contributed by atoms with E-state index in [1.165, 1.54) is 12.1 Å². The second-order valence-electron chi connectivity index (χ2n) is 7.09. The van der Waals surface area contributed by atoms with Crippen LogP contribution in [-0.4, -0.2) is 26.5 Å². The highest BCUT2D eigenvalue weighted by molar-refractivity contribution is 7.71. The molecule has 0 amide bonds. The maximum atomic E-state index is 14.1. The number of halogens is 3. The van der Waals surface area contributed by atoms with Gasteiger partial charge in [0, 0.05) is 23.5 Å². The van der Waals surface area contributed by atoms with Crippen molar-refractivity contribution < 1.29 is 13.9 Å². The van der Waals surface area contributed by atoms with Gasteiger partial charge in [0.1, 0.15) is 12.4 Å². The van der Waals surface area contributed by atoms with Crippen LogP contribution in [0.4, 0.5) is 4.39 Å². The number of hydrogen-bond donors (Lipinski definition) is 2. The summed E-state index contributed by atoms with van der Waals surface area (Å²) in [4.78, 5) is 4.03. The largest absolute Gasteiger partial charge is 0.490 e. The van der Waals surface area contributed by atoms with E-state index in [1.807, 2.05) is 19.1 Å². The molecule has 0 saturated carbocycles. The smallest absolute Gasteiger partial charge is 0.214 e. The summed E-state index contributed by atoms with van der Waals surface area (Å²) in [5.41, 5.74) is 5.14. The van der Waals surface area contributed by atoms with E-state index in [-0.39, 0.29) is 17.2 Å². The fourth-order valence-corrected chi connectivity index (χ4v) is 3.95. The zero-order chi connectivity index (χ0) is 24.1. The highest BCUT2D eigenvalue weighted by Gasteiger charge is 2.16. The molecule has 176 valence electrons. The highest BCUT2D eigenvalue weighted by atomic mass is 35.5. The van der Waals surface area contributed by atoms with Crippen molar-refractivity contribution in [1.29, 1.82) is 0 Å². The molecule has 0 radical (unpaired) electrons. The molecule has 2 heterocycles. The zero-order valence-electron chi connectivity index (χ0n) is 18.0. The van der Waals surface area contributed by atoms with E-state index in [0.717, 1.165) is 11.1 Å². The zero-order valence-corrected chi connectivity index (χ0v) is 20.3. The first-order valence-electron chi connectivity index (χ1n) is 10.3. The Labute approximate surface area is 210 Å². The number of rotatable bonds is 9. The Bertz CT molecular complexity index is 1330. The van der Waals surface area contributed by atoms with Gasteiger partial charge in [-0.05, 0) is 61.1 Å². The minimum atomic E-state index is -0.454. The Kier molecular flexibility index (Phi) is 7.66. The molecule has 11 heteroatoms. The highest BCUT2D eigenvalue weighted by Crippen LogP contribution is 2.38. The molecular weight excluding hydrogens is 500 g/mol. The number of nitrogens with one attached hydrogen (secondary N) is 2. The van der Waals surface area contributed by atoms with E-state index < -0.39 is 5.82 Å². The van der Waals surface area contributed by atoms with Crippen LogP contribution in [0.5, 0.6) is 11.5 Å². The standard InChI is InChI=1S/C23H20Cl2FN5O2S/c1-2-32-20-11-14(10-18(25)21(20)33-13-16-17(24)4-3-5-19(16)26)12-28-31-22(29-30-23(31)34)15-6-8-27-9-7-15/h3-11,28H,2,12-13H2,1H3,(H,30,34). The van der Waals surface area contributed by atoms with E-state index in [0.29, 0.717) is 40.3 Å². The Morgan fingerprint density at radius 1 is 1.12 bits per heavy atom. The van der Waals surface area contributed by atoms with Gasteiger partial charge in [0.25, 0.3) is 0 Å². The predicted octanol–water partition coefficient (Wildman–Crippen LogP) is 6.17. The molecule has 7 nitrogen and oxygen atoms in total. The number of nitrogens with zero attached hydrogens (tertiary/aromatic N) is 3. The Balaban J connectivity index is 1.56. The number of aromatic nitrogens is 4. The third-order valence-electron chi connectivity index (χ3n) is 4.84. The molecule has 34 heavy (non-hydrogen) atoms. The molecule has 0 saturated heterocycles. The van der Waals surface area contributed by atoms with E-state index in [1.54, 1.807) is 35.3 Å². The van der Waals surface area contributed by atoms with Gasteiger partial charge in [0.15, 0.2) is 17.3 Å². The number of hydrogen-bond acceptors (Lipinski definition) is 6. The van der Waals surface area contributed by atoms with Crippen LogP contribution in [0.25, 0.3) is 11.4 Å². The Morgan fingerprint density at radius 3 is 2.65 bits per heavy atom. The van der Waals surface area contributed by atoms with E-state index >= 15 is 0 Å². The molecule has 0 unspecified atom stereocenters. The molecule has 2 aromatic carbocycles. The van der Waals surface area contributed by atoms with Gasteiger partial charge in [-0.1, -0.05) is 29.3 Å². The average molecular weight is 520 g/mol. The summed E-state index contributed by atoms with van der Waals surface area (Å²) in [6.45, 7) is 2.51. The van der Waals surface area contributed by atoms with Gasteiger partial charge < -0.3 is 14.9 Å². The van der Waals surface area contributed by atoms with Gasteiger partial charge in [0.2, 0.25) is 4.77 Å². The lowest BCUT2D eigenvalue weighted by atomic mass is 10.2. The second-order valence-corrected chi connectivity index (χ2v) is 8.29. The SMILES string of the molecule is CCOc1cc(CNn2c(-c3ccncc3)n[nH]c2=S)cc(Cl)c1OCc1c(F)cccc1Cl. The monoisotopic (exact) mass is 519 g/mol. The summed E-state index contributed by atoms with van der Waals surface area (Å²) in [7, 11) is 0. The van der Waals surface area contributed by atoms with Crippen molar-refractivity contribution >= 4 is 35.4 Å². The molecule has 0 aliphatic heterocycles. The van der Waals surface area contributed by atoms with Crippen molar-refractivity contribution in [3.05, 3.63) is 86.6 Å². The van der Waals surface area contributed by atoms with Crippen LogP contribution in [0.3, 0.4) is 0 Å². The molecule has 4 aromatic rings. The molecule has 0 fully saturated rings. The van der Waals surface area contributed by atoms with Crippen LogP contribution in [0.1, 0.15) is 18.1 Å². The molecule has 0 aliphatic carbocycles. The van der Waals surface area contributed by atoms with Crippen molar-refractivity contribution in [2.75, 3.05) is 12.0 Å². The van der Waals surface area contributed by atoms with Crippen molar-refractivity contribution in [3.63, 3.8) is 0 Å². The first-order valence-corrected chi connectivity index (χ1v) is 11.5. The normalized spacial score (nSPS) is 10.8. The average Bonchev–Trinajstić information content (AvgIpc) is 3.19. The van der Waals surface area contributed by atoms with Gasteiger partial charge in [-0.2, -0.15) is 5.10 Å². The summed E-state index contributed by atoms with van der Waals surface area (Å²) in [5.74, 6) is 0.905. The molecule has 2 N–H and O–H groups in total. The van der Waals surface area contributed by atoms with E-state index in [4.69, 9.17) is 44.9 Å². The van der Waals surface area contributed by atoms with Crippen molar-refractivity contribution in [2.45, 2.75) is 20.1 Å². The van der Waals surface area contributed by atoms with Crippen LogP contribution in [0, 0.1) is 10.6 Å². The van der Waals surface area contributed by atoms with Gasteiger partial charge in [0.05, 0.1) is 23.2 Å². The molecule has 4 rings (SSSR count). The lowest BCUT2D eigenvalue weighted by Gasteiger charge is -2.17. The summed E-state index contributed by atoms with van der Waals surface area (Å²) < 4.78 is 27.8. The van der Waals surface area contributed by atoms with E-state index in [9.17, 15) is 4.39 Å². The first-order chi connectivity index (χ1) is 16.5. The van der Waals surface area contributed by atoms with Crippen LogP contribution >= 0.6 is 35.4 Å². The van der Waals surface area contributed by atoms with Gasteiger partial charge in [-0.15, -0.1) is 0 Å². The second kappa shape index (κ2) is 10.9. The number of ether oxygens (including phenoxy) is 2. The molecular formula is C23H20Cl2FN5O2S. The van der Waals surface area contributed by atoms with E-state index in [2.05, 4.69) is 20.6 Å². The molecule has 0 aliphatic rings. The van der Waals surface area contributed by atoms with Crippen molar-refractivity contribution in [3.8, 4) is 22.9 Å². The third-order valence-corrected chi connectivity index (χ3v) is 5.75. The molecule has 0 atom stereocenters. The fourth-order valence-electron chi connectivity index (χ4n) is 3.25. The van der Waals surface area contributed by atoms with Crippen LogP contribution in [0.15, 0.2) is 54.9 Å². The Hall–Kier alpha value is -3.14. The van der Waals surface area contributed by atoms with Gasteiger partial charge >= 0.3 is 0 Å². The number of H-pyrrole nitrogens is 1. The molecule has 0 spiro atoms. The summed E-state index contributed by atoms with van der Waals surface area (Å²) in [6, 6.07) is 11.7. The minimum absolute atomic E-state index is 0.0949. The first kappa shape index (κ1) is 24.0. The lowest BCUT2D eigenvalue weighted by Crippen LogP contribution is -2.16. The fraction of sp³-hybridized carbons (Fsp3) is 0.174. The molecule has 2 aromatic heterocycles. The quantitative estimate of drug-likeness (QED) is 0.257. The predicted molar refractivity (Wildman–Crippen MR) is 132 cm³/mol. The number of benzene rings is 2. The van der Waals surface area contributed by atoms with Gasteiger partial charge in [-0.25, -0.2) is 14.2 Å². The summed E-state index contributed by atoms with van der Waals surface area (Å²) >= 11 is 18.0. The number of pyridine rings is 1. The van der Waals surface area contributed by atoms with Crippen LogP contribution in [0.2, 0.25) is 10.0 Å². The number of aromatic amines is 1. The lowest BCUT2D eigenvalue weighted by molar-refractivity contribution is 0.266. The Morgan fingerprint density at radius 2 is 1.91 bits per heavy atom. The van der Waals surface area contributed by atoms with Crippen molar-refractivity contribution in [2.24, 2.45) is 0 Å². The third kappa shape index (κ3) is 5.32.